The number of rotatable bonds is 6. The van der Waals surface area contributed by atoms with Gasteiger partial charge in [-0.15, -0.1) is 0 Å². The number of hydrogen-bond acceptors (Lipinski definition) is 6. The van der Waals surface area contributed by atoms with E-state index in [1.807, 2.05) is 62.4 Å². The van der Waals surface area contributed by atoms with E-state index >= 15 is 0 Å². The monoisotopic (exact) mass is 402 g/mol. The van der Waals surface area contributed by atoms with E-state index in [1.165, 1.54) is 0 Å². The number of benzene rings is 1. The number of oxime groups is 1. The summed E-state index contributed by atoms with van der Waals surface area (Å²) >= 11 is 0. The molecule has 0 fully saturated rings. The van der Waals surface area contributed by atoms with Crippen LogP contribution in [0.15, 0.2) is 70.5 Å². The van der Waals surface area contributed by atoms with Gasteiger partial charge < -0.3 is 15.0 Å². The van der Waals surface area contributed by atoms with Crippen LogP contribution in [0.2, 0.25) is 0 Å². The number of aromatic nitrogens is 4. The van der Waals surface area contributed by atoms with Gasteiger partial charge in [0.1, 0.15) is 0 Å². The van der Waals surface area contributed by atoms with E-state index in [0.717, 1.165) is 17.0 Å². The molecule has 1 aromatic carbocycles. The Morgan fingerprint density at radius 1 is 1.10 bits per heavy atom. The van der Waals surface area contributed by atoms with Crippen LogP contribution in [-0.2, 0) is 4.84 Å². The average Bonchev–Trinajstić information content (AvgIpc) is 3.39. The Kier molecular flexibility index (Phi) is 5.30. The maximum absolute atomic E-state index is 6.05. The highest BCUT2D eigenvalue weighted by Crippen LogP contribution is 2.24. The van der Waals surface area contributed by atoms with Crippen LogP contribution in [0.5, 0.6) is 0 Å². The lowest BCUT2D eigenvalue weighted by molar-refractivity contribution is 0.0528. The summed E-state index contributed by atoms with van der Waals surface area (Å²) in [5.41, 5.74) is 9.58. The summed E-state index contributed by atoms with van der Waals surface area (Å²) in [6.07, 6.45) is 2.80. The van der Waals surface area contributed by atoms with Crippen molar-refractivity contribution in [2.45, 2.75) is 26.9 Å². The zero-order chi connectivity index (χ0) is 21.1. The van der Waals surface area contributed by atoms with Gasteiger partial charge in [-0.3, -0.25) is 0 Å². The van der Waals surface area contributed by atoms with E-state index < -0.39 is 6.10 Å². The normalized spacial score (nSPS) is 12.7. The van der Waals surface area contributed by atoms with Crippen LogP contribution in [-0.4, -0.2) is 25.6 Å². The van der Waals surface area contributed by atoms with Gasteiger partial charge in [0.05, 0.1) is 11.9 Å². The van der Waals surface area contributed by atoms with E-state index in [9.17, 15) is 0 Å². The molecule has 4 rings (SSSR count). The summed E-state index contributed by atoms with van der Waals surface area (Å²) in [6.45, 7) is 5.71. The Bertz CT molecular complexity index is 1160. The van der Waals surface area contributed by atoms with E-state index in [0.29, 0.717) is 23.0 Å². The minimum absolute atomic E-state index is 0.212. The molecular formula is C22H22N6O2. The summed E-state index contributed by atoms with van der Waals surface area (Å²) < 4.78 is 7.55. The third-order valence-corrected chi connectivity index (χ3v) is 4.51. The molecule has 30 heavy (non-hydrogen) atoms. The van der Waals surface area contributed by atoms with Crippen LogP contribution in [0.3, 0.4) is 0 Å². The molecule has 0 saturated heterocycles. The van der Waals surface area contributed by atoms with E-state index in [2.05, 4.69) is 20.2 Å². The minimum atomic E-state index is -0.497. The second-order valence-corrected chi connectivity index (χ2v) is 6.90. The maximum atomic E-state index is 6.05. The molecule has 4 aromatic rings. The van der Waals surface area contributed by atoms with E-state index in [1.54, 1.807) is 24.0 Å². The fraction of sp³-hybridized carbons (Fsp3) is 0.182. The Morgan fingerprint density at radius 3 is 2.57 bits per heavy atom. The molecule has 3 aromatic heterocycles. The summed E-state index contributed by atoms with van der Waals surface area (Å²) in [4.78, 5) is 14.2. The lowest BCUT2D eigenvalue weighted by Gasteiger charge is -2.08. The highest BCUT2D eigenvalue weighted by molar-refractivity contribution is 5.96. The molecule has 8 heteroatoms. The van der Waals surface area contributed by atoms with Crippen molar-refractivity contribution >= 4 is 5.84 Å². The topological polar surface area (TPSA) is 104 Å². The molecule has 1 atom stereocenters. The number of oxazole rings is 1. The van der Waals surface area contributed by atoms with E-state index in [-0.39, 0.29) is 5.84 Å². The first-order chi connectivity index (χ1) is 14.5. The highest BCUT2D eigenvalue weighted by Gasteiger charge is 2.15. The Morgan fingerprint density at radius 2 is 1.90 bits per heavy atom. The molecule has 2 N–H and O–H groups in total. The molecule has 0 spiro atoms. The van der Waals surface area contributed by atoms with Gasteiger partial charge in [0.25, 0.3) is 0 Å². The molecule has 0 unspecified atom stereocenters. The summed E-state index contributed by atoms with van der Waals surface area (Å²) in [6, 6.07) is 15.4. The number of pyridine rings is 1. The molecule has 3 heterocycles. The zero-order valence-electron chi connectivity index (χ0n) is 17.0. The summed E-state index contributed by atoms with van der Waals surface area (Å²) in [7, 11) is 0. The molecule has 0 amide bonds. The predicted molar refractivity (Wildman–Crippen MR) is 113 cm³/mol. The third-order valence-electron chi connectivity index (χ3n) is 4.51. The smallest absolute Gasteiger partial charge is 0.238 e. The standard InChI is InChI=1S/C22H22N6O2/c1-14-11-15(2)28(26-14)20-10-9-18(12-24-20)21(23)27-30-16(3)22-25-13-19(29-22)17-7-5-4-6-8-17/h4-13,16H,1-3H3,(H2,23,27)/t16-/m1/s1. The van der Waals surface area contributed by atoms with Gasteiger partial charge in [0, 0.05) is 23.0 Å². The van der Waals surface area contributed by atoms with Crippen molar-refractivity contribution in [1.82, 2.24) is 19.7 Å². The zero-order valence-corrected chi connectivity index (χ0v) is 17.0. The molecule has 0 aliphatic rings. The molecule has 0 aliphatic carbocycles. The fourth-order valence-electron chi connectivity index (χ4n) is 2.97. The average molecular weight is 402 g/mol. The molecule has 0 aliphatic heterocycles. The van der Waals surface area contributed by atoms with Gasteiger partial charge >= 0.3 is 0 Å². The Hall–Kier alpha value is -3.94. The van der Waals surface area contributed by atoms with Gasteiger partial charge in [-0.2, -0.15) is 5.10 Å². The fourth-order valence-corrected chi connectivity index (χ4v) is 2.97. The van der Waals surface area contributed by atoms with Crippen LogP contribution >= 0.6 is 0 Å². The van der Waals surface area contributed by atoms with Crippen molar-refractivity contribution in [2.24, 2.45) is 10.9 Å². The molecule has 152 valence electrons. The quantitative estimate of drug-likeness (QED) is 0.298. The van der Waals surface area contributed by atoms with Crippen molar-refractivity contribution < 1.29 is 9.25 Å². The predicted octanol–water partition coefficient (Wildman–Crippen LogP) is 3.94. The lowest BCUT2D eigenvalue weighted by Crippen LogP contribution is -2.15. The van der Waals surface area contributed by atoms with Crippen LogP contribution in [0.4, 0.5) is 0 Å². The number of hydrogen-bond donors (Lipinski definition) is 1. The minimum Gasteiger partial charge on any atom is -0.437 e. The molecular weight excluding hydrogens is 380 g/mol. The van der Waals surface area contributed by atoms with Crippen LogP contribution in [0.25, 0.3) is 17.1 Å². The second kappa shape index (κ2) is 8.20. The molecule has 8 nitrogen and oxygen atoms in total. The SMILES string of the molecule is Cc1cc(C)n(-c2ccc(/C(N)=N/O[C@H](C)c3ncc(-c4ccccc4)o3)cn2)n1. The van der Waals surface area contributed by atoms with Crippen LogP contribution in [0.1, 0.15) is 35.9 Å². The Labute approximate surface area is 174 Å². The first-order valence-corrected chi connectivity index (χ1v) is 9.52. The first kappa shape index (κ1) is 19.4. The summed E-state index contributed by atoms with van der Waals surface area (Å²) in [5, 5.41) is 8.43. The van der Waals surface area contributed by atoms with Crippen molar-refractivity contribution in [3.8, 4) is 17.1 Å². The maximum Gasteiger partial charge on any atom is 0.238 e. The van der Waals surface area contributed by atoms with Gasteiger partial charge in [-0.25, -0.2) is 14.6 Å². The van der Waals surface area contributed by atoms with Crippen molar-refractivity contribution in [3.63, 3.8) is 0 Å². The molecule has 0 bridgehead atoms. The van der Waals surface area contributed by atoms with Gasteiger partial charge in [-0.05, 0) is 39.0 Å². The molecule has 0 radical (unpaired) electrons. The largest absolute Gasteiger partial charge is 0.437 e. The van der Waals surface area contributed by atoms with Crippen molar-refractivity contribution in [1.29, 1.82) is 0 Å². The Balaban J connectivity index is 1.44. The van der Waals surface area contributed by atoms with Gasteiger partial charge in [0.15, 0.2) is 23.5 Å². The van der Waals surface area contributed by atoms with Gasteiger partial charge in [0.2, 0.25) is 5.89 Å². The summed E-state index contributed by atoms with van der Waals surface area (Å²) in [5.74, 6) is 2.01. The van der Waals surface area contributed by atoms with Crippen LogP contribution < -0.4 is 5.73 Å². The number of aryl methyl sites for hydroxylation is 2. The van der Waals surface area contributed by atoms with Crippen molar-refractivity contribution in [3.05, 3.63) is 83.8 Å². The number of nitrogens with two attached hydrogens (primary N) is 1. The van der Waals surface area contributed by atoms with Gasteiger partial charge in [-0.1, -0.05) is 35.5 Å². The van der Waals surface area contributed by atoms with E-state index in [4.69, 9.17) is 15.0 Å². The van der Waals surface area contributed by atoms with Crippen molar-refractivity contribution in [2.75, 3.05) is 0 Å². The highest BCUT2D eigenvalue weighted by atomic mass is 16.6. The number of amidine groups is 1. The van der Waals surface area contributed by atoms with Crippen LogP contribution in [0, 0.1) is 13.8 Å². The number of nitrogens with zero attached hydrogens (tertiary/aromatic N) is 5. The second-order valence-electron chi connectivity index (χ2n) is 6.90. The molecule has 0 saturated carbocycles. The third kappa shape index (κ3) is 4.07. The first-order valence-electron chi connectivity index (χ1n) is 9.52. The lowest BCUT2D eigenvalue weighted by atomic mass is 10.2.